The first kappa shape index (κ1) is 14.5. The molecule has 0 heterocycles. The van der Waals surface area contributed by atoms with E-state index in [9.17, 15) is 4.79 Å². The van der Waals surface area contributed by atoms with Crippen LogP contribution in [0.2, 0.25) is 0 Å². The SMILES string of the molecule is CCN(C)C(=O)COCC1(N)CCCCCC1. The van der Waals surface area contributed by atoms with Gasteiger partial charge in [0.15, 0.2) is 0 Å². The molecule has 1 aliphatic rings. The smallest absolute Gasteiger partial charge is 0.248 e. The van der Waals surface area contributed by atoms with Gasteiger partial charge < -0.3 is 15.4 Å². The highest BCUT2D eigenvalue weighted by Crippen LogP contribution is 2.25. The third-order valence-electron chi connectivity index (χ3n) is 3.61. The first-order valence-corrected chi connectivity index (χ1v) is 6.68. The zero-order valence-electron chi connectivity index (χ0n) is 11.2. The molecule has 0 atom stereocenters. The van der Waals surface area contributed by atoms with Crippen LogP contribution in [0.4, 0.5) is 0 Å². The van der Waals surface area contributed by atoms with Gasteiger partial charge in [0.1, 0.15) is 6.61 Å². The van der Waals surface area contributed by atoms with Gasteiger partial charge in [0.25, 0.3) is 0 Å². The van der Waals surface area contributed by atoms with Crippen molar-refractivity contribution in [3.05, 3.63) is 0 Å². The van der Waals surface area contributed by atoms with Crippen molar-refractivity contribution in [3.8, 4) is 0 Å². The standard InChI is InChI=1S/C13H26N2O2/c1-3-15(2)12(16)10-17-11-13(14)8-6-4-5-7-9-13/h3-11,14H2,1-2H3. The van der Waals surface area contributed by atoms with Crippen LogP contribution in [-0.2, 0) is 9.53 Å². The van der Waals surface area contributed by atoms with Crippen molar-refractivity contribution in [2.45, 2.75) is 51.0 Å². The van der Waals surface area contributed by atoms with E-state index in [0.29, 0.717) is 6.61 Å². The quantitative estimate of drug-likeness (QED) is 0.744. The summed E-state index contributed by atoms with van der Waals surface area (Å²) in [6.07, 6.45) is 6.95. The van der Waals surface area contributed by atoms with Crippen LogP contribution in [0.3, 0.4) is 0 Å². The van der Waals surface area contributed by atoms with Crippen LogP contribution in [0.25, 0.3) is 0 Å². The number of hydrogen-bond donors (Lipinski definition) is 1. The lowest BCUT2D eigenvalue weighted by molar-refractivity contribution is -0.135. The second-order valence-corrected chi connectivity index (χ2v) is 5.18. The molecule has 1 fully saturated rings. The minimum absolute atomic E-state index is 0.0321. The zero-order valence-corrected chi connectivity index (χ0v) is 11.2. The maximum Gasteiger partial charge on any atom is 0.248 e. The van der Waals surface area contributed by atoms with E-state index in [4.69, 9.17) is 10.5 Å². The number of hydrogen-bond acceptors (Lipinski definition) is 3. The summed E-state index contributed by atoms with van der Waals surface area (Å²) >= 11 is 0. The Balaban J connectivity index is 2.26. The largest absolute Gasteiger partial charge is 0.370 e. The number of nitrogens with two attached hydrogens (primary N) is 1. The van der Waals surface area contributed by atoms with Gasteiger partial charge >= 0.3 is 0 Å². The van der Waals surface area contributed by atoms with Crippen molar-refractivity contribution in [3.63, 3.8) is 0 Å². The molecule has 0 saturated heterocycles. The fourth-order valence-corrected chi connectivity index (χ4v) is 2.21. The molecule has 0 radical (unpaired) electrons. The molecule has 17 heavy (non-hydrogen) atoms. The third-order valence-corrected chi connectivity index (χ3v) is 3.61. The monoisotopic (exact) mass is 242 g/mol. The molecule has 0 unspecified atom stereocenters. The number of carbonyl (C=O) groups is 1. The normalized spacial score (nSPS) is 19.7. The summed E-state index contributed by atoms with van der Waals surface area (Å²) in [6, 6.07) is 0. The van der Waals surface area contributed by atoms with Crippen molar-refractivity contribution in [2.75, 3.05) is 26.8 Å². The van der Waals surface area contributed by atoms with Gasteiger partial charge in [0.05, 0.1) is 6.61 Å². The first-order valence-electron chi connectivity index (χ1n) is 6.68. The van der Waals surface area contributed by atoms with E-state index >= 15 is 0 Å². The Labute approximate surface area is 104 Å². The van der Waals surface area contributed by atoms with Crippen molar-refractivity contribution < 1.29 is 9.53 Å². The van der Waals surface area contributed by atoms with E-state index < -0.39 is 0 Å². The zero-order chi connectivity index (χ0) is 12.7. The summed E-state index contributed by atoms with van der Waals surface area (Å²) in [4.78, 5) is 13.2. The molecular weight excluding hydrogens is 216 g/mol. The number of rotatable bonds is 5. The molecule has 1 rings (SSSR count). The lowest BCUT2D eigenvalue weighted by Gasteiger charge is -2.28. The Morgan fingerprint density at radius 1 is 1.29 bits per heavy atom. The molecule has 0 bridgehead atoms. The number of ether oxygens (including phenoxy) is 1. The molecule has 0 aromatic carbocycles. The molecule has 1 saturated carbocycles. The molecule has 2 N–H and O–H groups in total. The second kappa shape index (κ2) is 6.97. The Bertz CT molecular complexity index is 236. The van der Waals surface area contributed by atoms with Gasteiger partial charge in [-0.05, 0) is 19.8 Å². The average molecular weight is 242 g/mol. The maximum atomic E-state index is 11.5. The van der Waals surface area contributed by atoms with E-state index in [1.807, 2.05) is 6.92 Å². The van der Waals surface area contributed by atoms with E-state index in [2.05, 4.69) is 0 Å². The van der Waals surface area contributed by atoms with Crippen molar-refractivity contribution >= 4 is 5.91 Å². The average Bonchev–Trinajstić information content (AvgIpc) is 2.53. The van der Waals surface area contributed by atoms with Gasteiger partial charge in [-0.2, -0.15) is 0 Å². The predicted octanol–water partition coefficient (Wildman–Crippen LogP) is 1.53. The molecule has 0 aliphatic heterocycles. The van der Waals surface area contributed by atoms with Crippen LogP contribution in [0, 0.1) is 0 Å². The lowest BCUT2D eigenvalue weighted by Crippen LogP contribution is -2.45. The van der Waals surface area contributed by atoms with Gasteiger partial charge in [-0.3, -0.25) is 4.79 Å². The van der Waals surface area contributed by atoms with Gasteiger partial charge in [0.2, 0.25) is 5.91 Å². The first-order chi connectivity index (χ1) is 8.07. The van der Waals surface area contributed by atoms with E-state index in [-0.39, 0.29) is 18.1 Å². The van der Waals surface area contributed by atoms with E-state index in [1.165, 1.54) is 25.7 Å². The second-order valence-electron chi connectivity index (χ2n) is 5.18. The number of likely N-dealkylation sites (N-methyl/N-ethyl adjacent to an activating group) is 1. The van der Waals surface area contributed by atoms with Crippen LogP contribution in [0.1, 0.15) is 45.4 Å². The van der Waals surface area contributed by atoms with Gasteiger partial charge in [0, 0.05) is 19.1 Å². The lowest BCUT2D eigenvalue weighted by atomic mass is 9.93. The highest BCUT2D eigenvalue weighted by Gasteiger charge is 2.26. The summed E-state index contributed by atoms with van der Waals surface area (Å²) in [5.41, 5.74) is 6.10. The minimum atomic E-state index is -0.207. The van der Waals surface area contributed by atoms with Gasteiger partial charge in [-0.1, -0.05) is 25.7 Å². The molecule has 0 spiro atoms. The molecule has 4 nitrogen and oxygen atoms in total. The summed E-state index contributed by atoms with van der Waals surface area (Å²) in [7, 11) is 1.79. The van der Waals surface area contributed by atoms with Crippen molar-refractivity contribution in [2.24, 2.45) is 5.73 Å². The van der Waals surface area contributed by atoms with Gasteiger partial charge in [-0.25, -0.2) is 0 Å². The Morgan fingerprint density at radius 2 is 1.88 bits per heavy atom. The molecule has 0 aromatic rings. The van der Waals surface area contributed by atoms with Crippen LogP contribution >= 0.6 is 0 Å². The van der Waals surface area contributed by atoms with Gasteiger partial charge in [-0.15, -0.1) is 0 Å². The molecule has 4 heteroatoms. The Kier molecular flexibility index (Phi) is 5.92. The summed E-state index contributed by atoms with van der Waals surface area (Å²) in [5, 5.41) is 0. The van der Waals surface area contributed by atoms with Crippen LogP contribution in [-0.4, -0.2) is 43.2 Å². The third kappa shape index (κ3) is 5.04. The van der Waals surface area contributed by atoms with E-state index in [0.717, 1.165) is 19.4 Å². The maximum absolute atomic E-state index is 11.5. The fraction of sp³-hybridized carbons (Fsp3) is 0.923. The van der Waals surface area contributed by atoms with Crippen molar-refractivity contribution in [1.29, 1.82) is 0 Å². The summed E-state index contributed by atoms with van der Waals surface area (Å²) in [6.45, 7) is 3.34. The van der Waals surface area contributed by atoms with E-state index in [1.54, 1.807) is 11.9 Å². The fourth-order valence-electron chi connectivity index (χ4n) is 2.21. The van der Waals surface area contributed by atoms with Crippen molar-refractivity contribution in [1.82, 2.24) is 4.90 Å². The highest BCUT2D eigenvalue weighted by molar-refractivity contribution is 5.77. The molecular formula is C13H26N2O2. The number of carbonyl (C=O) groups excluding carboxylic acids is 1. The molecule has 0 aromatic heterocycles. The predicted molar refractivity (Wildman–Crippen MR) is 68.8 cm³/mol. The number of amides is 1. The highest BCUT2D eigenvalue weighted by atomic mass is 16.5. The molecule has 1 aliphatic carbocycles. The molecule has 100 valence electrons. The van der Waals surface area contributed by atoms with Crippen LogP contribution in [0.15, 0.2) is 0 Å². The summed E-state index contributed by atoms with van der Waals surface area (Å²) in [5.74, 6) is 0.0321. The molecule has 1 amide bonds. The minimum Gasteiger partial charge on any atom is -0.370 e. The number of nitrogens with zero attached hydrogens (tertiary/aromatic N) is 1. The van der Waals surface area contributed by atoms with Crippen LogP contribution < -0.4 is 5.73 Å². The topological polar surface area (TPSA) is 55.6 Å². The van der Waals surface area contributed by atoms with Crippen LogP contribution in [0.5, 0.6) is 0 Å². The summed E-state index contributed by atoms with van der Waals surface area (Å²) < 4.78 is 5.50. The Morgan fingerprint density at radius 3 is 2.41 bits per heavy atom. The Hall–Kier alpha value is -0.610.